The molecule has 24 heavy (non-hydrogen) atoms. The van der Waals surface area contributed by atoms with Crippen LogP contribution in [-0.4, -0.2) is 18.2 Å². The summed E-state index contributed by atoms with van der Waals surface area (Å²) in [6.07, 6.45) is 0.705. The van der Waals surface area contributed by atoms with Gasteiger partial charge in [0.05, 0.1) is 6.21 Å². The van der Waals surface area contributed by atoms with Crippen molar-refractivity contribution in [2.45, 2.75) is 26.9 Å². The summed E-state index contributed by atoms with van der Waals surface area (Å²) in [5.41, 5.74) is 4.83. The third kappa shape index (κ3) is 4.80. The second-order valence-electron chi connectivity index (χ2n) is 5.42. The third-order valence-corrected chi connectivity index (χ3v) is 3.95. The van der Waals surface area contributed by atoms with Gasteiger partial charge in [-0.15, -0.1) is 0 Å². The Hall–Kier alpha value is -2.40. The van der Waals surface area contributed by atoms with Crippen LogP contribution >= 0.6 is 11.6 Å². The van der Waals surface area contributed by atoms with E-state index in [2.05, 4.69) is 10.5 Å². The number of benzene rings is 2. The number of nitrogens with zero attached hydrogens (tertiary/aromatic N) is 1. The van der Waals surface area contributed by atoms with Gasteiger partial charge < -0.3 is 4.74 Å². The van der Waals surface area contributed by atoms with Gasteiger partial charge in [0, 0.05) is 5.02 Å². The molecule has 1 N–H and O–H groups in total. The van der Waals surface area contributed by atoms with Crippen LogP contribution in [0.25, 0.3) is 0 Å². The van der Waals surface area contributed by atoms with Gasteiger partial charge >= 0.3 is 0 Å². The average molecular weight is 349 g/mol. The fraction of sp³-hybridized carbons (Fsp3) is 0.222. The first-order valence-corrected chi connectivity index (χ1v) is 7.76. The van der Waals surface area contributed by atoms with Gasteiger partial charge in [-0.1, -0.05) is 23.7 Å². The molecule has 126 valence electrons. The summed E-state index contributed by atoms with van der Waals surface area (Å²) in [7, 11) is 0. The molecule has 0 aromatic heterocycles. The van der Waals surface area contributed by atoms with Crippen LogP contribution in [0.1, 0.15) is 23.6 Å². The van der Waals surface area contributed by atoms with E-state index in [9.17, 15) is 9.18 Å². The maximum Gasteiger partial charge on any atom is 0.280 e. The molecule has 1 amide bonds. The molecular formula is C18H18ClFN2O2. The Balaban J connectivity index is 1.93. The lowest BCUT2D eigenvalue weighted by Gasteiger charge is -2.14. The van der Waals surface area contributed by atoms with Crippen molar-refractivity contribution in [3.05, 3.63) is 63.9 Å². The molecule has 1 atom stereocenters. The summed E-state index contributed by atoms with van der Waals surface area (Å²) >= 11 is 6.11. The van der Waals surface area contributed by atoms with Crippen LogP contribution in [0.2, 0.25) is 5.02 Å². The molecule has 4 nitrogen and oxygen atoms in total. The number of hydrazone groups is 1. The summed E-state index contributed by atoms with van der Waals surface area (Å²) in [5, 5.41) is 4.52. The van der Waals surface area contributed by atoms with Crippen LogP contribution in [0.15, 0.2) is 41.5 Å². The molecule has 2 rings (SSSR count). The molecular weight excluding hydrogens is 331 g/mol. The zero-order chi connectivity index (χ0) is 17.7. The van der Waals surface area contributed by atoms with Crippen LogP contribution in [0.3, 0.4) is 0 Å². The van der Waals surface area contributed by atoms with E-state index in [1.54, 1.807) is 31.2 Å². The lowest BCUT2D eigenvalue weighted by Crippen LogP contribution is -2.33. The number of ether oxygens (including phenoxy) is 1. The Morgan fingerprint density at radius 1 is 1.25 bits per heavy atom. The van der Waals surface area contributed by atoms with E-state index in [4.69, 9.17) is 16.3 Å². The Labute approximate surface area is 145 Å². The maximum atomic E-state index is 12.8. The van der Waals surface area contributed by atoms with Crippen LogP contribution in [0, 0.1) is 19.7 Å². The Morgan fingerprint density at radius 3 is 2.42 bits per heavy atom. The molecule has 0 radical (unpaired) electrons. The Kier molecular flexibility index (Phi) is 5.93. The van der Waals surface area contributed by atoms with Crippen LogP contribution in [-0.2, 0) is 4.79 Å². The van der Waals surface area contributed by atoms with Gasteiger partial charge in [-0.25, -0.2) is 9.82 Å². The Morgan fingerprint density at radius 2 is 1.83 bits per heavy atom. The largest absolute Gasteiger partial charge is 0.481 e. The highest BCUT2D eigenvalue weighted by Crippen LogP contribution is 2.26. The number of hydrogen-bond acceptors (Lipinski definition) is 3. The molecule has 0 aliphatic rings. The standard InChI is InChI=1S/C18H18ClFN2O2/c1-11-8-16(9-12(2)17(11)19)24-13(3)18(23)22-21-10-14-4-6-15(20)7-5-14/h4-10,13H,1-3H3,(H,22,23)/b21-10+. The van der Waals surface area contributed by atoms with Gasteiger partial charge in [0.25, 0.3) is 5.91 Å². The molecule has 0 aliphatic carbocycles. The fourth-order valence-electron chi connectivity index (χ4n) is 2.04. The average Bonchev–Trinajstić information content (AvgIpc) is 2.54. The molecule has 0 bridgehead atoms. The van der Waals surface area contributed by atoms with E-state index in [0.29, 0.717) is 16.3 Å². The van der Waals surface area contributed by atoms with Crippen molar-refractivity contribution in [1.29, 1.82) is 0 Å². The second-order valence-corrected chi connectivity index (χ2v) is 5.79. The molecule has 0 heterocycles. The summed E-state index contributed by atoms with van der Waals surface area (Å²) < 4.78 is 18.4. The van der Waals surface area contributed by atoms with Crippen molar-refractivity contribution in [1.82, 2.24) is 5.43 Å². The topological polar surface area (TPSA) is 50.7 Å². The maximum absolute atomic E-state index is 12.8. The van der Waals surface area contributed by atoms with Crippen molar-refractivity contribution in [2.75, 3.05) is 0 Å². The number of rotatable bonds is 5. The minimum Gasteiger partial charge on any atom is -0.481 e. The zero-order valence-electron chi connectivity index (χ0n) is 13.6. The van der Waals surface area contributed by atoms with E-state index >= 15 is 0 Å². The molecule has 2 aromatic carbocycles. The van der Waals surface area contributed by atoms with E-state index in [-0.39, 0.29) is 5.82 Å². The predicted molar refractivity (Wildman–Crippen MR) is 93.2 cm³/mol. The number of halogens is 2. The van der Waals surface area contributed by atoms with Crippen LogP contribution in [0.5, 0.6) is 5.75 Å². The number of carbonyl (C=O) groups is 1. The molecule has 2 aromatic rings. The molecule has 0 saturated heterocycles. The monoisotopic (exact) mass is 348 g/mol. The third-order valence-electron chi connectivity index (χ3n) is 3.35. The van der Waals surface area contributed by atoms with E-state index < -0.39 is 12.0 Å². The van der Waals surface area contributed by atoms with E-state index in [1.807, 2.05) is 13.8 Å². The van der Waals surface area contributed by atoms with Crippen molar-refractivity contribution in [3.63, 3.8) is 0 Å². The lowest BCUT2D eigenvalue weighted by atomic mass is 10.1. The smallest absolute Gasteiger partial charge is 0.280 e. The van der Waals surface area contributed by atoms with Gasteiger partial charge in [-0.05, 0) is 61.7 Å². The van der Waals surface area contributed by atoms with Gasteiger partial charge in [0.15, 0.2) is 6.10 Å². The minimum atomic E-state index is -0.727. The van der Waals surface area contributed by atoms with Gasteiger partial charge in [0.1, 0.15) is 11.6 Å². The normalized spacial score (nSPS) is 12.2. The minimum absolute atomic E-state index is 0.327. The molecule has 0 spiro atoms. The van der Waals surface area contributed by atoms with E-state index in [1.165, 1.54) is 18.3 Å². The molecule has 1 unspecified atom stereocenters. The first-order valence-electron chi connectivity index (χ1n) is 7.38. The Bertz CT molecular complexity index is 737. The van der Waals surface area contributed by atoms with Crippen molar-refractivity contribution < 1.29 is 13.9 Å². The number of aryl methyl sites for hydroxylation is 2. The van der Waals surface area contributed by atoms with Crippen molar-refractivity contribution >= 4 is 23.7 Å². The second kappa shape index (κ2) is 7.93. The molecule has 0 fully saturated rings. The van der Waals surface area contributed by atoms with Crippen LogP contribution in [0.4, 0.5) is 4.39 Å². The molecule has 0 saturated carbocycles. The van der Waals surface area contributed by atoms with Crippen molar-refractivity contribution in [3.8, 4) is 5.75 Å². The van der Waals surface area contributed by atoms with Gasteiger partial charge in [-0.2, -0.15) is 5.10 Å². The predicted octanol–water partition coefficient (Wildman–Crippen LogP) is 4.01. The first kappa shape index (κ1) is 17.9. The zero-order valence-corrected chi connectivity index (χ0v) is 14.4. The lowest BCUT2D eigenvalue weighted by molar-refractivity contribution is -0.127. The number of amides is 1. The molecule has 6 heteroatoms. The number of hydrogen-bond donors (Lipinski definition) is 1. The number of carbonyl (C=O) groups excluding carboxylic acids is 1. The van der Waals surface area contributed by atoms with Gasteiger partial charge in [-0.3, -0.25) is 4.79 Å². The SMILES string of the molecule is Cc1cc(OC(C)C(=O)N/N=C/c2ccc(F)cc2)cc(C)c1Cl. The highest BCUT2D eigenvalue weighted by molar-refractivity contribution is 6.32. The van der Waals surface area contributed by atoms with Crippen molar-refractivity contribution in [2.24, 2.45) is 5.10 Å². The number of nitrogens with one attached hydrogen (secondary N) is 1. The highest BCUT2D eigenvalue weighted by atomic mass is 35.5. The van der Waals surface area contributed by atoms with E-state index in [0.717, 1.165) is 11.1 Å². The molecule has 0 aliphatic heterocycles. The fourth-order valence-corrected chi connectivity index (χ4v) is 2.15. The summed E-state index contributed by atoms with van der Waals surface area (Å²) in [6, 6.07) is 9.32. The van der Waals surface area contributed by atoms with Gasteiger partial charge in [0.2, 0.25) is 0 Å². The summed E-state index contributed by atoms with van der Waals surface area (Å²) in [6.45, 7) is 5.38. The summed E-state index contributed by atoms with van der Waals surface area (Å²) in [5.74, 6) is -0.148. The van der Waals surface area contributed by atoms with Crippen LogP contribution < -0.4 is 10.2 Å². The first-order chi connectivity index (χ1) is 11.4. The quantitative estimate of drug-likeness (QED) is 0.655. The summed E-state index contributed by atoms with van der Waals surface area (Å²) in [4.78, 5) is 12.0. The highest BCUT2D eigenvalue weighted by Gasteiger charge is 2.15.